The molecule has 0 amide bonds. The molecule has 0 atom stereocenters. The summed E-state index contributed by atoms with van der Waals surface area (Å²) in [5.74, 6) is -0.492. The predicted molar refractivity (Wildman–Crippen MR) is 73.7 cm³/mol. The number of thiophene rings is 1. The van der Waals surface area contributed by atoms with Crippen LogP contribution in [0.3, 0.4) is 0 Å². The smallest absolute Gasteiger partial charge is 0.213 e. The second-order valence-electron chi connectivity index (χ2n) is 3.78. The molecule has 0 aliphatic rings. The van der Waals surface area contributed by atoms with E-state index in [1.807, 2.05) is 25.3 Å². The first-order chi connectivity index (χ1) is 9.10. The summed E-state index contributed by atoms with van der Waals surface area (Å²) < 4.78 is 0. The number of aromatic amines is 1. The first-order valence-corrected chi connectivity index (χ1v) is 7.36. The number of nitrogens with one attached hydrogen (secondary N) is 1. The maximum Gasteiger partial charge on any atom is 0.213 e. The van der Waals surface area contributed by atoms with E-state index < -0.39 is 5.97 Å². The number of nitrogens with zero attached hydrogens (tertiary/aromatic N) is 2. The number of carbonyl (C=O) groups is 1. The fraction of sp³-hybridized carbons (Fsp3) is 0.250. The zero-order valence-electron chi connectivity index (χ0n) is 10.5. The van der Waals surface area contributed by atoms with Gasteiger partial charge in [0.1, 0.15) is 5.82 Å². The quantitative estimate of drug-likeness (QED) is 0.669. The van der Waals surface area contributed by atoms with E-state index in [1.165, 1.54) is 11.3 Å². The number of hydrogen-bond donors (Lipinski definition) is 1. The van der Waals surface area contributed by atoms with E-state index >= 15 is 0 Å². The highest BCUT2D eigenvalue weighted by atomic mass is 32.2. The number of hydrogen-bond acceptors (Lipinski definition) is 6. The Morgan fingerprint density at radius 1 is 1.63 bits per heavy atom. The maximum atomic E-state index is 11.2. The Kier molecular flexibility index (Phi) is 4.39. The number of carbonyl (C=O) groups excluding carboxylic acids is 1. The van der Waals surface area contributed by atoms with Gasteiger partial charge in [-0.1, -0.05) is 6.92 Å². The highest BCUT2D eigenvalue weighted by Crippen LogP contribution is 2.27. The van der Waals surface area contributed by atoms with Crippen LogP contribution in [-0.4, -0.2) is 21.2 Å². The van der Waals surface area contributed by atoms with Crippen molar-refractivity contribution in [3.8, 4) is 0 Å². The van der Waals surface area contributed by atoms with E-state index in [0.717, 1.165) is 34.4 Å². The van der Waals surface area contributed by atoms with E-state index in [2.05, 4.69) is 15.2 Å². The van der Waals surface area contributed by atoms with Crippen LogP contribution < -0.4 is 5.11 Å². The van der Waals surface area contributed by atoms with Crippen LogP contribution in [0.1, 0.15) is 23.2 Å². The highest BCUT2D eigenvalue weighted by Gasteiger charge is 2.09. The highest BCUT2D eigenvalue weighted by molar-refractivity contribution is 8.04. The van der Waals surface area contributed by atoms with Gasteiger partial charge in [-0.2, -0.15) is 0 Å². The molecule has 2 heterocycles. The third kappa shape index (κ3) is 3.45. The molecular weight excluding hydrogens is 282 g/mol. The topological polar surface area (TPSA) is 81.7 Å². The van der Waals surface area contributed by atoms with Crippen LogP contribution in [0.5, 0.6) is 0 Å². The molecule has 0 bridgehead atoms. The van der Waals surface area contributed by atoms with Crippen LogP contribution in [0.2, 0.25) is 0 Å². The fourth-order valence-corrected chi connectivity index (χ4v) is 3.00. The van der Waals surface area contributed by atoms with Crippen molar-refractivity contribution in [3.63, 3.8) is 0 Å². The fourth-order valence-electron chi connectivity index (χ4n) is 1.36. The van der Waals surface area contributed by atoms with Crippen LogP contribution >= 0.6 is 23.1 Å². The molecule has 0 radical (unpaired) electrons. The van der Waals surface area contributed by atoms with Crippen molar-refractivity contribution in [3.05, 3.63) is 32.6 Å². The minimum absolute atomic E-state index is 0.104. The molecule has 0 aromatic carbocycles. The lowest BCUT2D eigenvalue weighted by atomic mass is 10.3. The molecule has 100 valence electrons. The Labute approximate surface area is 118 Å². The lowest BCUT2D eigenvalue weighted by Gasteiger charge is -2.05. The zero-order valence-corrected chi connectivity index (χ0v) is 12.1. The molecule has 0 spiro atoms. The number of thioether (sulfide) groups is 1. The Balaban J connectivity index is 2.24. The third-order valence-electron chi connectivity index (χ3n) is 2.41. The second-order valence-corrected chi connectivity index (χ2v) is 5.74. The maximum absolute atomic E-state index is 11.2. The molecule has 0 fully saturated rings. The van der Waals surface area contributed by atoms with Crippen LogP contribution in [0.15, 0.2) is 21.5 Å². The predicted octanol–water partition coefficient (Wildman–Crippen LogP) is 1.62. The van der Waals surface area contributed by atoms with Crippen molar-refractivity contribution in [2.24, 2.45) is 0 Å². The van der Waals surface area contributed by atoms with Gasteiger partial charge in [0.05, 0.1) is 5.97 Å². The van der Waals surface area contributed by atoms with Gasteiger partial charge in [0, 0.05) is 16.2 Å². The Morgan fingerprint density at radius 2 is 2.42 bits per heavy atom. The van der Waals surface area contributed by atoms with Crippen molar-refractivity contribution in [1.82, 2.24) is 15.2 Å². The van der Waals surface area contributed by atoms with Crippen molar-refractivity contribution in [1.29, 1.82) is 0 Å². The minimum atomic E-state index is -1.22. The molecule has 1 N–H and O–H groups in total. The first kappa shape index (κ1) is 13.8. The molecule has 2 aromatic heterocycles. The number of carboxylic acid groups (broad SMARTS) is 1. The molecule has 2 rings (SSSR count). The first-order valence-electron chi connectivity index (χ1n) is 5.66. The summed E-state index contributed by atoms with van der Waals surface area (Å²) in [7, 11) is 0. The van der Waals surface area contributed by atoms with E-state index in [0.29, 0.717) is 5.16 Å². The number of rotatable bonds is 5. The molecule has 7 heteroatoms. The molecule has 0 saturated carbocycles. The SMILES string of the molecule is CCc1nc(S/C(=C\c2sccc2C)C(=O)[O-])n[nH]1. The van der Waals surface area contributed by atoms with Crippen molar-refractivity contribution in [2.75, 3.05) is 0 Å². The summed E-state index contributed by atoms with van der Waals surface area (Å²) in [5.41, 5.74) is 1.04. The zero-order chi connectivity index (χ0) is 13.8. The monoisotopic (exact) mass is 294 g/mol. The molecule has 19 heavy (non-hydrogen) atoms. The van der Waals surface area contributed by atoms with E-state index in [9.17, 15) is 9.90 Å². The largest absolute Gasteiger partial charge is 0.544 e. The Hall–Kier alpha value is -1.60. The summed E-state index contributed by atoms with van der Waals surface area (Å²) >= 11 is 2.48. The standard InChI is InChI=1S/C12H13N3O2S2/c1-3-10-13-12(15-14-10)19-9(11(16)17)6-8-7(2)4-5-18-8/h4-6H,3H2,1-2H3,(H,16,17)(H,13,14,15)/p-1/b9-6-. The van der Waals surface area contributed by atoms with Gasteiger partial charge in [0.25, 0.3) is 0 Å². The number of aryl methyl sites for hydroxylation is 2. The Bertz CT molecular complexity index is 616. The number of H-pyrrole nitrogens is 1. The van der Waals surface area contributed by atoms with Crippen LogP contribution in [0.25, 0.3) is 6.08 Å². The normalized spacial score (nSPS) is 11.8. The lowest BCUT2D eigenvalue weighted by molar-refractivity contribution is -0.297. The molecule has 0 aliphatic carbocycles. The summed E-state index contributed by atoms with van der Waals surface area (Å²) in [6.45, 7) is 3.88. The third-order valence-corrected chi connectivity index (χ3v) is 4.25. The van der Waals surface area contributed by atoms with E-state index in [4.69, 9.17) is 0 Å². The average Bonchev–Trinajstić information content (AvgIpc) is 2.98. The lowest BCUT2D eigenvalue weighted by Crippen LogP contribution is -2.23. The van der Waals surface area contributed by atoms with Crippen molar-refractivity contribution in [2.45, 2.75) is 25.4 Å². The summed E-state index contributed by atoms with van der Waals surface area (Å²) in [4.78, 5) is 16.3. The number of aliphatic carboxylic acids is 1. The number of aromatic nitrogens is 3. The average molecular weight is 294 g/mol. The van der Waals surface area contributed by atoms with Crippen LogP contribution in [0.4, 0.5) is 0 Å². The van der Waals surface area contributed by atoms with Crippen LogP contribution in [-0.2, 0) is 11.2 Å². The van der Waals surface area contributed by atoms with Gasteiger partial charge in [0.2, 0.25) is 5.16 Å². The summed E-state index contributed by atoms with van der Waals surface area (Å²) in [6.07, 6.45) is 2.32. The van der Waals surface area contributed by atoms with Gasteiger partial charge in [-0.3, -0.25) is 5.10 Å². The molecule has 5 nitrogen and oxygen atoms in total. The van der Waals surface area contributed by atoms with Crippen molar-refractivity contribution < 1.29 is 9.90 Å². The Morgan fingerprint density at radius 3 is 2.95 bits per heavy atom. The van der Waals surface area contributed by atoms with Gasteiger partial charge in [-0.15, -0.1) is 16.4 Å². The van der Waals surface area contributed by atoms with Gasteiger partial charge >= 0.3 is 0 Å². The molecule has 0 unspecified atom stereocenters. The second kappa shape index (κ2) is 6.03. The molecule has 2 aromatic rings. The minimum Gasteiger partial charge on any atom is -0.544 e. The molecular formula is C12H12N3O2S2-. The summed E-state index contributed by atoms with van der Waals surface area (Å²) in [6, 6.07) is 1.94. The van der Waals surface area contributed by atoms with Crippen LogP contribution in [0, 0.1) is 6.92 Å². The van der Waals surface area contributed by atoms with Gasteiger partial charge < -0.3 is 9.90 Å². The van der Waals surface area contributed by atoms with Crippen molar-refractivity contribution >= 4 is 35.1 Å². The van der Waals surface area contributed by atoms with Gasteiger partial charge in [-0.05, 0) is 41.8 Å². The van der Waals surface area contributed by atoms with E-state index in [-0.39, 0.29) is 4.91 Å². The summed E-state index contributed by atoms with van der Waals surface area (Å²) in [5, 5.41) is 20.2. The number of carboxylic acids is 1. The molecule has 0 saturated heterocycles. The van der Waals surface area contributed by atoms with Gasteiger partial charge in [-0.25, -0.2) is 4.98 Å². The molecule has 0 aliphatic heterocycles. The van der Waals surface area contributed by atoms with Gasteiger partial charge in [0.15, 0.2) is 0 Å². The van der Waals surface area contributed by atoms with E-state index in [1.54, 1.807) is 6.08 Å².